The zero-order valence-electron chi connectivity index (χ0n) is 10.4. The molecule has 0 saturated heterocycles. The van der Waals surface area contributed by atoms with Gasteiger partial charge in [0.1, 0.15) is 22.7 Å². The number of rotatable bonds is 5. The van der Waals surface area contributed by atoms with E-state index >= 15 is 0 Å². The largest absolute Gasteiger partial charge is 0.372 e. The molecule has 1 aromatic carbocycles. The van der Waals surface area contributed by atoms with Crippen LogP contribution in [0.3, 0.4) is 0 Å². The summed E-state index contributed by atoms with van der Waals surface area (Å²) >= 11 is 0. The van der Waals surface area contributed by atoms with Crippen LogP contribution in [0.4, 0.5) is 11.4 Å². The van der Waals surface area contributed by atoms with E-state index < -0.39 is 20.4 Å². The van der Waals surface area contributed by atoms with Crippen LogP contribution in [-0.2, 0) is 16.4 Å². The Balaban J connectivity index is 2.40. The molecule has 0 aliphatic heterocycles. The molecule has 0 aliphatic rings. The van der Waals surface area contributed by atoms with Crippen molar-refractivity contribution >= 4 is 21.2 Å². The maximum atomic E-state index is 11.6. The van der Waals surface area contributed by atoms with E-state index in [9.17, 15) is 18.5 Å². The number of benzene rings is 1. The lowest BCUT2D eigenvalue weighted by molar-refractivity contribution is -0.386. The smallest absolute Gasteiger partial charge is 0.310 e. The molecule has 0 spiro atoms. The fraction of sp³-hybridized carbons (Fsp3) is 0.200. The zero-order valence-corrected chi connectivity index (χ0v) is 11.2. The first-order chi connectivity index (χ1) is 9.39. The quantitative estimate of drug-likeness (QED) is 0.614. The summed E-state index contributed by atoms with van der Waals surface area (Å²) in [6, 6.07) is 4.07. The van der Waals surface area contributed by atoms with E-state index in [1.807, 2.05) is 0 Å². The van der Waals surface area contributed by atoms with Gasteiger partial charge in [0.05, 0.1) is 11.5 Å². The van der Waals surface area contributed by atoms with Gasteiger partial charge in [0, 0.05) is 6.26 Å². The highest BCUT2D eigenvalue weighted by atomic mass is 32.2. The van der Waals surface area contributed by atoms with Crippen LogP contribution in [0.5, 0.6) is 0 Å². The molecule has 0 fully saturated rings. The Kier molecular flexibility index (Phi) is 3.66. The first-order valence-electron chi connectivity index (χ1n) is 5.45. The maximum absolute atomic E-state index is 11.6. The van der Waals surface area contributed by atoms with Crippen molar-refractivity contribution < 1.29 is 13.3 Å². The molecule has 0 aliphatic carbocycles. The molecule has 20 heavy (non-hydrogen) atoms. The van der Waals surface area contributed by atoms with Crippen molar-refractivity contribution in [1.29, 1.82) is 0 Å². The van der Waals surface area contributed by atoms with Crippen molar-refractivity contribution in [2.75, 3.05) is 11.6 Å². The van der Waals surface area contributed by atoms with Crippen LogP contribution >= 0.6 is 0 Å². The lowest BCUT2D eigenvalue weighted by Gasteiger charge is -2.08. The lowest BCUT2D eigenvalue weighted by atomic mass is 10.2. The highest BCUT2D eigenvalue weighted by Crippen LogP contribution is 2.31. The normalized spacial score (nSPS) is 11.2. The summed E-state index contributed by atoms with van der Waals surface area (Å²) in [5.41, 5.74) is -0.371. The van der Waals surface area contributed by atoms with Crippen LogP contribution in [0.2, 0.25) is 0 Å². The van der Waals surface area contributed by atoms with E-state index in [0.717, 1.165) is 6.26 Å². The van der Waals surface area contributed by atoms with Crippen LogP contribution in [0.25, 0.3) is 0 Å². The van der Waals surface area contributed by atoms with Crippen LogP contribution < -0.4 is 5.32 Å². The minimum atomic E-state index is -3.69. The van der Waals surface area contributed by atoms with E-state index in [1.165, 1.54) is 24.5 Å². The van der Waals surface area contributed by atoms with E-state index in [1.54, 1.807) is 0 Å². The van der Waals surface area contributed by atoms with Crippen LogP contribution in [0.15, 0.2) is 29.4 Å². The molecule has 106 valence electrons. The SMILES string of the molecule is CS(=O)(=O)c1cccc(NCc2ncn[nH]2)c1[N+](=O)[O-]. The third-order valence-electron chi connectivity index (χ3n) is 2.49. The Labute approximate surface area is 114 Å². The van der Waals surface area contributed by atoms with Gasteiger partial charge in [-0.15, -0.1) is 0 Å². The van der Waals surface area contributed by atoms with Gasteiger partial charge < -0.3 is 5.32 Å². The Hall–Kier alpha value is -2.49. The second kappa shape index (κ2) is 5.25. The van der Waals surface area contributed by atoms with Gasteiger partial charge in [0.15, 0.2) is 9.84 Å². The van der Waals surface area contributed by atoms with Crippen LogP contribution in [0.1, 0.15) is 5.82 Å². The predicted molar refractivity (Wildman–Crippen MR) is 69.9 cm³/mol. The minimum absolute atomic E-state index is 0.106. The summed E-state index contributed by atoms with van der Waals surface area (Å²) in [6.45, 7) is 0.161. The van der Waals surface area contributed by atoms with Crippen molar-refractivity contribution in [1.82, 2.24) is 15.2 Å². The average Bonchev–Trinajstić information content (AvgIpc) is 2.87. The maximum Gasteiger partial charge on any atom is 0.310 e. The number of hydrogen-bond donors (Lipinski definition) is 2. The van der Waals surface area contributed by atoms with Gasteiger partial charge in [-0.3, -0.25) is 15.2 Å². The third-order valence-corrected chi connectivity index (χ3v) is 3.62. The molecule has 0 atom stereocenters. The number of nitro groups is 1. The molecule has 9 nitrogen and oxygen atoms in total. The van der Waals surface area contributed by atoms with Gasteiger partial charge in [0.25, 0.3) is 0 Å². The molecule has 0 radical (unpaired) electrons. The number of anilines is 1. The minimum Gasteiger partial charge on any atom is -0.372 e. The van der Waals surface area contributed by atoms with Gasteiger partial charge in [0.2, 0.25) is 0 Å². The summed E-state index contributed by atoms with van der Waals surface area (Å²) in [6.07, 6.45) is 2.23. The van der Waals surface area contributed by atoms with Crippen molar-refractivity contribution in [3.63, 3.8) is 0 Å². The topological polar surface area (TPSA) is 131 Å². The summed E-state index contributed by atoms with van der Waals surface area (Å²) in [5.74, 6) is 0.476. The van der Waals surface area contributed by atoms with E-state index in [2.05, 4.69) is 20.5 Å². The monoisotopic (exact) mass is 297 g/mol. The van der Waals surface area contributed by atoms with Crippen LogP contribution in [-0.4, -0.2) is 34.8 Å². The van der Waals surface area contributed by atoms with E-state index in [0.29, 0.717) is 5.82 Å². The molecule has 0 unspecified atom stereocenters. The standard InChI is InChI=1S/C10H11N5O4S/c1-20(18,19)8-4-2-3-7(10(8)15(16)17)11-5-9-12-6-13-14-9/h2-4,6,11H,5H2,1H3,(H,12,13,14). The lowest BCUT2D eigenvalue weighted by Crippen LogP contribution is -2.08. The van der Waals surface area contributed by atoms with Crippen molar-refractivity contribution in [3.05, 3.63) is 40.5 Å². The summed E-state index contributed by atoms with van der Waals surface area (Å²) in [7, 11) is -3.69. The average molecular weight is 297 g/mol. The first kappa shape index (κ1) is 13.9. The zero-order chi connectivity index (χ0) is 14.8. The number of nitrogens with one attached hydrogen (secondary N) is 2. The second-order valence-corrected chi connectivity index (χ2v) is 5.95. The molecular formula is C10H11N5O4S. The van der Waals surface area contributed by atoms with Gasteiger partial charge >= 0.3 is 5.69 Å². The Bertz CT molecular complexity index is 726. The van der Waals surface area contributed by atoms with Crippen molar-refractivity contribution in [3.8, 4) is 0 Å². The summed E-state index contributed by atoms with van der Waals surface area (Å²) in [4.78, 5) is 13.9. The van der Waals surface area contributed by atoms with Gasteiger partial charge in [-0.1, -0.05) is 6.07 Å². The number of nitro benzene ring substituents is 1. The Morgan fingerprint density at radius 2 is 2.20 bits per heavy atom. The van der Waals surface area contributed by atoms with Crippen molar-refractivity contribution in [2.45, 2.75) is 11.4 Å². The molecule has 0 bridgehead atoms. The molecule has 0 saturated carbocycles. The fourth-order valence-electron chi connectivity index (χ4n) is 1.65. The summed E-state index contributed by atoms with van der Waals surface area (Å²) < 4.78 is 23.2. The Morgan fingerprint density at radius 1 is 1.45 bits per heavy atom. The molecule has 0 amide bonds. The highest BCUT2D eigenvalue weighted by molar-refractivity contribution is 7.90. The van der Waals surface area contributed by atoms with Crippen LogP contribution in [0, 0.1) is 10.1 Å². The number of nitrogens with zero attached hydrogens (tertiary/aromatic N) is 3. The highest BCUT2D eigenvalue weighted by Gasteiger charge is 2.25. The molecule has 2 N–H and O–H groups in total. The van der Waals surface area contributed by atoms with Gasteiger partial charge in [-0.25, -0.2) is 13.4 Å². The molecule has 10 heteroatoms. The number of aromatic nitrogens is 3. The second-order valence-electron chi connectivity index (χ2n) is 3.97. The fourth-order valence-corrected chi connectivity index (χ4v) is 2.51. The van der Waals surface area contributed by atoms with Crippen molar-refractivity contribution in [2.24, 2.45) is 0 Å². The Morgan fingerprint density at radius 3 is 2.75 bits per heavy atom. The predicted octanol–water partition coefficient (Wildman–Crippen LogP) is 0.728. The van der Waals surface area contributed by atoms with E-state index in [-0.39, 0.29) is 17.1 Å². The number of sulfone groups is 1. The summed E-state index contributed by atoms with van der Waals surface area (Å²) in [5, 5.41) is 20.1. The number of para-hydroxylation sites is 1. The van der Waals surface area contributed by atoms with E-state index in [4.69, 9.17) is 0 Å². The third kappa shape index (κ3) is 2.91. The number of hydrogen-bond acceptors (Lipinski definition) is 7. The molecule has 1 heterocycles. The number of aromatic amines is 1. The van der Waals surface area contributed by atoms with Gasteiger partial charge in [-0.2, -0.15) is 5.10 Å². The molecular weight excluding hydrogens is 286 g/mol. The molecule has 2 rings (SSSR count). The number of H-pyrrole nitrogens is 1. The first-order valence-corrected chi connectivity index (χ1v) is 7.34. The molecule has 2 aromatic rings. The van der Waals surface area contributed by atoms with Gasteiger partial charge in [-0.05, 0) is 12.1 Å². The molecule has 1 aromatic heterocycles.